The van der Waals surface area contributed by atoms with Crippen LogP contribution in [0.5, 0.6) is 11.5 Å². The fourth-order valence-corrected chi connectivity index (χ4v) is 4.20. The predicted molar refractivity (Wildman–Crippen MR) is 122 cm³/mol. The Labute approximate surface area is 185 Å². The van der Waals surface area contributed by atoms with Gasteiger partial charge in [0, 0.05) is 45.8 Å². The third-order valence-electron chi connectivity index (χ3n) is 6.00. The van der Waals surface area contributed by atoms with Gasteiger partial charge in [-0.25, -0.2) is 4.79 Å². The largest absolute Gasteiger partial charge is 0.493 e. The Kier molecular flexibility index (Phi) is 5.65. The monoisotopic (exact) mass is 438 g/mol. The van der Waals surface area contributed by atoms with Crippen molar-refractivity contribution in [1.29, 1.82) is 0 Å². The average molecular weight is 438 g/mol. The molecule has 0 unspecified atom stereocenters. The summed E-state index contributed by atoms with van der Waals surface area (Å²) in [4.78, 5) is 42.0. The molecule has 2 aromatic carbocycles. The highest BCUT2D eigenvalue weighted by atomic mass is 16.5. The number of piperazine rings is 1. The molecule has 1 amide bonds. The second kappa shape index (κ2) is 8.41. The molecule has 0 radical (unpaired) electrons. The van der Waals surface area contributed by atoms with E-state index in [0.717, 1.165) is 10.3 Å². The number of amides is 1. The Morgan fingerprint density at radius 3 is 2.22 bits per heavy atom. The Balaban J connectivity index is 1.58. The lowest BCUT2D eigenvalue weighted by atomic mass is 10.1. The van der Waals surface area contributed by atoms with E-state index in [1.54, 1.807) is 43.3 Å². The number of hydrogen-bond acceptors (Lipinski definition) is 6. The molecule has 32 heavy (non-hydrogen) atoms. The van der Waals surface area contributed by atoms with Crippen LogP contribution in [0, 0.1) is 0 Å². The van der Waals surface area contributed by atoms with Crippen LogP contribution in [0.2, 0.25) is 0 Å². The summed E-state index contributed by atoms with van der Waals surface area (Å²) < 4.78 is 13.2. The molecule has 0 aliphatic carbocycles. The number of aryl methyl sites for hydroxylation is 1. The molecule has 9 heteroatoms. The van der Waals surface area contributed by atoms with Crippen molar-refractivity contribution in [1.82, 2.24) is 14.0 Å². The van der Waals surface area contributed by atoms with E-state index in [2.05, 4.69) is 4.90 Å². The van der Waals surface area contributed by atoms with E-state index in [1.165, 1.54) is 18.7 Å². The van der Waals surface area contributed by atoms with Gasteiger partial charge in [0.15, 0.2) is 11.5 Å². The number of para-hydroxylation sites is 1. The third-order valence-corrected chi connectivity index (χ3v) is 6.00. The van der Waals surface area contributed by atoms with Crippen molar-refractivity contribution in [3.8, 4) is 11.5 Å². The maximum atomic E-state index is 13.0. The molecule has 3 aromatic rings. The quantitative estimate of drug-likeness (QED) is 0.609. The first-order chi connectivity index (χ1) is 15.4. The molecule has 9 nitrogen and oxygen atoms in total. The molecule has 0 atom stereocenters. The summed E-state index contributed by atoms with van der Waals surface area (Å²) in [6.07, 6.45) is 0. The summed E-state index contributed by atoms with van der Waals surface area (Å²) in [5.74, 6) is 1.00. The minimum atomic E-state index is -0.364. The van der Waals surface area contributed by atoms with Gasteiger partial charge in [-0.2, -0.15) is 0 Å². The molecule has 4 rings (SSSR count). The number of fused-ring (bicyclic) bond motifs is 1. The van der Waals surface area contributed by atoms with Gasteiger partial charge < -0.3 is 19.3 Å². The highest BCUT2D eigenvalue weighted by molar-refractivity contribution is 5.95. The van der Waals surface area contributed by atoms with Crippen molar-refractivity contribution >= 4 is 22.5 Å². The number of carbonyl (C=O) groups excluding carboxylic acids is 1. The first kappa shape index (κ1) is 21.5. The minimum Gasteiger partial charge on any atom is -0.493 e. The lowest BCUT2D eigenvalue weighted by Gasteiger charge is -2.36. The highest BCUT2D eigenvalue weighted by Gasteiger charge is 2.25. The van der Waals surface area contributed by atoms with Gasteiger partial charge in [-0.15, -0.1) is 0 Å². The summed E-state index contributed by atoms with van der Waals surface area (Å²) in [6, 6.07) is 10.6. The number of ether oxygens (including phenoxy) is 2. The zero-order valence-electron chi connectivity index (χ0n) is 18.6. The van der Waals surface area contributed by atoms with Crippen LogP contribution in [0.3, 0.4) is 0 Å². The first-order valence-electron chi connectivity index (χ1n) is 10.3. The molecule has 0 N–H and O–H groups in total. The first-order valence-corrected chi connectivity index (χ1v) is 10.3. The van der Waals surface area contributed by atoms with Crippen LogP contribution >= 0.6 is 0 Å². The molecule has 1 aliphatic heterocycles. The van der Waals surface area contributed by atoms with Crippen molar-refractivity contribution in [2.24, 2.45) is 14.1 Å². The Bertz CT molecular complexity index is 1300. The Morgan fingerprint density at radius 1 is 0.875 bits per heavy atom. The second-order valence-electron chi connectivity index (χ2n) is 7.73. The fraction of sp³-hybridized carbons (Fsp3) is 0.348. The topological polar surface area (TPSA) is 86.0 Å². The number of methoxy groups -OCH3 is 2. The van der Waals surface area contributed by atoms with E-state index < -0.39 is 0 Å². The number of anilines is 1. The lowest BCUT2D eigenvalue weighted by molar-refractivity contribution is 0.0746. The maximum absolute atomic E-state index is 13.0. The second-order valence-corrected chi connectivity index (χ2v) is 7.73. The highest BCUT2D eigenvalue weighted by Crippen LogP contribution is 2.29. The van der Waals surface area contributed by atoms with E-state index >= 15 is 0 Å². The summed E-state index contributed by atoms with van der Waals surface area (Å²) in [5, 5.41) is 0.496. The number of rotatable bonds is 4. The normalized spacial score (nSPS) is 14.0. The van der Waals surface area contributed by atoms with Crippen molar-refractivity contribution in [2.75, 3.05) is 45.3 Å². The van der Waals surface area contributed by atoms with Crippen LogP contribution in [0.15, 0.2) is 46.0 Å². The Hall–Kier alpha value is -3.75. The molecule has 1 aromatic heterocycles. The molecule has 2 heterocycles. The van der Waals surface area contributed by atoms with Crippen molar-refractivity contribution < 1.29 is 14.3 Å². The maximum Gasteiger partial charge on any atom is 0.331 e. The zero-order chi connectivity index (χ0) is 23.0. The summed E-state index contributed by atoms with van der Waals surface area (Å²) in [6.45, 7) is 2.20. The van der Waals surface area contributed by atoms with Crippen LogP contribution < -0.4 is 25.6 Å². The van der Waals surface area contributed by atoms with Gasteiger partial charge in [-0.3, -0.25) is 18.7 Å². The molecule has 1 aliphatic rings. The van der Waals surface area contributed by atoms with E-state index in [0.29, 0.717) is 54.1 Å². The Morgan fingerprint density at radius 2 is 1.56 bits per heavy atom. The number of aromatic nitrogens is 2. The van der Waals surface area contributed by atoms with Gasteiger partial charge in [0.2, 0.25) is 0 Å². The standard InChI is InChI=1S/C23H26N4O5/c1-24-20-16(22(29)25(2)23(24)30)6-5-7-17(20)26-10-12-27(13-11-26)21(28)15-8-9-18(31-3)19(14-15)32-4/h5-9,14H,10-13H2,1-4H3. The number of nitrogens with zero attached hydrogens (tertiary/aromatic N) is 4. The summed E-state index contributed by atoms with van der Waals surface area (Å²) >= 11 is 0. The van der Waals surface area contributed by atoms with Crippen molar-refractivity contribution in [2.45, 2.75) is 0 Å². The van der Waals surface area contributed by atoms with Crippen LogP contribution in [-0.4, -0.2) is 60.3 Å². The third kappa shape index (κ3) is 3.49. The zero-order valence-corrected chi connectivity index (χ0v) is 18.6. The molecule has 168 valence electrons. The lowest BCUT2D eigenvalue weighted by Crippen LogP contribution is -2.49. The molecule has 1 saturated heterocycles. The smallest absolute Gasteiger partial charge is 0.331 e. The predicted octanol–water partition coefficient (Wildman–Crippen LogP) is 1.22. The fourth-order valence-electron chi connectivity index (χ4n) is 4.20. The van der Waals surface area contributed by atoms with E-state index in [-0.39, 0.29) is 17.2 Å². The van der Waals surface area contributed by atoms with Crippen LogP contribution in [-0.2, 0) is 14.1 Å². The van der Waals surface area contributed by atoms with Crippen molar-refractivity contribution in [3.05, 3.63) is 62.8 Å². The van der Waals surface area contributed by atoms with Crippen LogP contribution in [0.1, 0.15) is 10.4 Å². The average Bonchev–Trinajstić information content (AvgIpc) is 2.84. The molecular weight excluding hydrogens is 412 g/mol. The van der Waals surface area contributed by atoms with Gasteiger partial charge in [0.1, 0.15) is 0 Å². The molecule has 1 fully saturated rings. The molecule has 0 saturated carbocycles. The van der Waals surface area contributed by atoms with Gasteiger partial charge in [-0.05, 0) is 30.3 Å². The van der Waals surface area contributed by atoms with E-state index in [4.69, 9.17) is 9.47 Å². The van der Waals surface area contributed by atoms with Gasteiger partial charge >= 0.3 is 5.69 Å². The number of carbonyl (C=O) groups is 1. The van der Waals surface area contributed by atoms with Gasteiger partial charge in [-0.1, -0.05) is 6.07 Å². The van der Waals surface area contributed by atoms with E-state index in [1.807, 2.05) is 12.1 Å². The summed E-state index contributed by atoms with van der Waals surface area (Å²) in [5.41, 5.74) is 1.29. The van der Waals surface area contributed by atoms with Gasteiger partial charge in [0.05, 0.1) is 30.8 Å². The van der Waals surface area contributed by atoms with E-state index in [9.17, 15) is 14.4 Å². The minimum absolute atomic E-state index is 0.0789. The van der Waals surface area contributed by atoms with Crippen LogP contribution in [0.25, 0.3) is 10.9 Å². The van der Waals surface area contributed by atoms with Crippen LogP contribution in [0.4, 0.5) is 5.69 Å². The molecular formula is C23H26N4O5. The number of benzene rings is 2. The SMILES string of the molecule is COc1ccc(C(=O)N2CCN(c3cccc4c(=O)n(C)c(=O)n(C)c34)CC2)cc1OC. The molecule has 0 spiro atoms. The van der Waals surface area contributed by atoms with Crippen molar-refractivity contribution in [3.63, 3.8) is 0 Å². The molecule has 0 bridgehead atoms. The number of hydrogen-bond donors (Lipinski definition) is 0. The summed E-state index contributed by atoms with van der Waals surface area (Å²) in [7, 11) is 6.24. The van der Waals surface area contributed by atoms with Gasteiger partial charge in [0.25, 0.3) is 11.5 Å².